The number of nitrogens with one attached hydrogen (secondary N) is 2. The Kier molecular flexibility index (Phi) is 4.64. The van der Waals surface area contributed by atoms with E-state index in [0.717, 1.165) is 12.8 Å². The lowest BCUT2D eigenvalue weighted by Crippen LogP contribution is -2.25. The molecule has 0 saturated heterocycles. The second-order valence-corrected chi connectivity index (χ2v) is 5.71. The zero-order chi connectivity index (χ0) is 14.4. The van der Waals surface area contributed by atoms with E-state index in [4.69, 9.17) is 0 Å². The second-order valence-electron chi connectivity index (χ2n) is 3.97. The molecule has 0 unspecified atom stereocenters. The topological polar surface area (TPSA) is 110 Å². The molecule has 2 heterocycles. The van der Waals surface area contributed by atoms with Crippen LogP contribution in [0, 0.1) is 0 Å². The molecular weight excluding hydrogens is 282 g/mol. The Labute approximate surface area is 116 Å². The molecule has 8 nitrogen and oxygen atoms in total. The summed E-state index contributed by atoms with van der Waals surface area (Å²) in [5, 5.41) is 6.59. The maximum absolute atomic E-state index is 12.2. The van der Waals surface area contributed by atoms with Gasteiger partial charge in [-0.1, -0.05) is 12.1 Å². The Balaban J connectivity index is 2.16. The third kappa shape index (κ3) is 3.52. The molecule has 0 fully saturated rings. The van der Waals surface area contributed by atoms with E-state index in [1.165, 1.54) is 12.4 Å². The minimum Gasteiger partial charge on any atom is -0.384 e. The highest BCUT2D eigenvalue weighted by Crippen LogP contribution is 2.19. The molecule has 0 bridgehead atoms. The maximum atomic E-state index is 12.2. The van der Waals surface area contributed by atoms with Gasteiger partial charge in [0.25, 0.3) is 0 Å². The van der Waals surface area contributed by atoms with E-state index in [1.54, 1.807) is 6.07 Å². The van der Waals surface area contributed by atoms with Crippen LogP contribution in [0.3, 0.4) is 0 Å². The zero-order valence-electron chi connectivity index (χ0n) is 10.9. The molecule has 2 aromatic heterocycles. The Bertz CT molecular complexity index is 642. The average Bonchev–Trinajstić information content (AvgIpc) is 2.97. The lowest BCUT2D eigenvalue weighted by Gasteiger charge is -2.11. The highest BCUT2D eigenvalue weighted by molar-refractivity contribution is 7.89. The van der Waals surface area contributed by atoms with Crippen molar-refractivity contribution < 1.29 is 12.9 Å². The van der Waals surface area contributed by atoms with Gasteiger partial charge in [-0.15, -0.1) is 0 Å². The highest BCUT2D eigenvalue weighted by atomic mass is 32.2. The van der Waals surface area contributed by atoms with E-state index in [2.05, 4.69) is 29.7 Å². The van der Waals surface area contributed by atoms with Gasteiger partial charge < -0.3 is 9.84 Å². The van der Waals surface area contributed by atoms with Crippen LogP contribution < -0.4 is 10.0 Å². The highest BCUT2D eigenvalue weighted by Gasteiger charge is 2.19. The number of pyridine rings is 1. The van der Waals surface area contributed by atoms with Gasteiger partial charge >= 0.3 is 0 Å². The van der Waals surface area contributed by atoms with Crippen molar-refractivity contribution >= 4 is 15.7 Å². The van der Waals surface area contributed by atoms with Crippen molar-refractivity contribution in [3.05, 3.63) is 30.7 Å². The monoisotopic (exact) mass is 297 g/mol. The van der Waals surface area contributed by atoms with Crippen molar-refractivity contribution in [2.75, 3.05) is 11.9 Å². The van der Waals surface area contributed by atoms with Crippen LogP contribution in [0.25, 0.3) is 0 Å². The van der Waals surface area contributed by atoms with E-state index in [9.17, 15) is 8.42 Å². The van der Waals surface area contributed by atoms with Gasteiger partial charge in [0.05, 0.1) is 12.2 Å². The average molecular weight is 297 g/mol. The van der Waals surface area contributed by atoms with E-state index in [0.29, 0.717) is 12.2 Å². The largest absolute Gasteiger partial charge is 0.384 e. The predicted molar refractivity (Wildman–Crippen MR) is 71.3 cm³/mol. The molecule has 0 radical (unpaired) electrons. The number of anilines is 1. The molecule has 2 rings (SSSR count). The first-order chi connectivity index (χ1) is 9.63. The smallest absolute Gasteiger partial charge is 0.244 e. The molecule has 0 aliphatic carbocycles. The fourth-order valence-electron chi connectivity index (χ4n) is 1.51. The summed E-state index contributed by atoms with van der Waals surface area (Å²) >= 11 is 0. The summed E-state index contributed by atoms with van der Waals surface area (Å²) in [7, 11) is -3.69. The third-order valence-electron chi connectivity index (χ3n) is 2.47. The van der Waals surface area contributed by atoms with Crippen LogP contribution >= 0.6 is 0 Å². The van der Waals surface area contributed by atoms with E-state index in [1.807, 2.05) is 6.92 Å². The van der Waals surface area contributed by atoms with Crippen molar-refractivity contribution in [1.29, 1.82) is 0 Å². The van der Waals surface area contributed by atoms with Crippen LogP contribution in [0.15, 0.2) is 34.3 Å². The van der Waals surface area contributed by atoms with Crippen molar-refractivity contribution in [2.24, 2.45) is 0 Å². The summed E-state index contributed by atoms with van der Waals surface area (Å²) in [5.41, 5.74) is 0.516. The minimum atomic E-state index is -3.69. The van der Waals surface area contributed by atoms with Gasteiger partial charge in [-0.2, -0.15) is 4.98 Å². The Hall–Kier alpha value is -2.00. The number of hydrogen-bond donors (Lipinski definition) is 2. The van der Waals surface area contributed by atoms with Gasteiger partial charge in [-0.25, -0.2) is 13.1 Å². The van der Waals surface area contributed by atoms with Gasteiger partial charge in [0.15, 0.2) is 5.82 Å². The molecular formula is C11H15N5O3S. The molecule has 0 aliphatic rings. The molecule has 2 aromatic rings. The van der Waals surface area contributed by atoms with Crippen molar-refractivity contribution in [1.82, 2.24) is 19.8 Å². The Morgan fingerprint density at radius 3 is 2.95 bits per heavy atom. The molecule has 0 amide bonds. The first kappa shape index (κ1) is 14.4. The lowest BCUT2D eigenvalue weighted by atomic mass is 10.4. The van der Waals surface area contributed by atoms with Crippen LogP contribution in [0.5, 0.6) is 0 Å². The van der Waals surface area contributed by atoms with Crippen molar-refractivity contribution in [3.8, 4) is 0 Å². The van der Waals surface area contributed by atoms with E-state index in [-0.39, 0.29) is 17.3 Å². The molecule has 0 atom stereocenters. The van der Waals surface area contributed by atoms with Crippen LogP contribution in [-0.2, 0) is 16.6 Å². The van der Waals surface area contributed by atoms with Crippen LogP contribution in [-0.4, -0.2) is 30.1 Å². The normalized spacial score (nSPS) is 11.4. The first-order valence-electron chi connectivity index (χ1n) is 6.06. The summed E-state index contributed by atoms with van der Waals surface area (Å²) in [6.07, 6.45) is 4.87. The zero-order valence-corrected chi connectivity index (χ0v) is 11.7. The summed E-state index contributed by atoms with van der Waals surface area (Å²) in [6.45, 7) is 2.63. The van der Waals surface area contributed by atoms with Crippen molar-refractivity contribution in [2.45, 2.75) is 24.8 Å². The lowest BCUT2D eigenvalue weighted by molar-refractivity contribution is 0.409. The maximum Gasteiger partial charge on any atom is 0.244 e. The summed E-state index contributed by atoms with van der Waals surface area (Å²) in [5.74, 6) is 0.264. The van der Waals surface area contributed by atoms with Crippen LogP contribution in [0.4, 0.5) is 5.69 Å². The van der Waals surface area contributed by atoms with Crippen LogP contribution in [0.1, 0.15) is 19.2 Å². The van der Waals surface area contributed by atoms with Gasteiger partial charge in [0.1, 0.15) is 4.90 Å². The molecule has 0 aromatic carbocycles. The van der Waals surface area contributed by atoms with Crippen LogP contribution in [0.2, 0.25) is 0 Å². The molecule has 0 aliphatic heterocycles. The predicted octanol–water partition coefficient (Wildman–Crippen LogP) is 0.765. The molecule has 108 valence electrons. The number of rotatable bonds is 7. The number of hydrogen-bond acceptors (Lipinski definition) is 7. The molecule has 2 N–H and O–H groups in total. The molecule has 20 heavy (non-hydrogen) atoms. The molecule has 9 heteroatoms. The van der Waals surface area contributed by atoms with Gasteiger partial charge in [0.2, 0.25) is 16.4 Å². The van der Waals surface area contributed by atoms with Crippen molar-refractivity contribution in [3.63, 3.8) is 0 Å². The molecule has 0 saturated carbocycles. The Morgan fingerprint density at radius 2 is 2.25 bits per heavy atom. The summed E-state index contributed by atoms with van der Waals surface area (Å²) in [4.78, 5) is 7.70. The minimum absolute atomic E-state index is 0.0407. The standard InChI is InChI=1S/C11H15N5O3S/c1-2-4-13-9-3-5-12-6-10(9)20(17,18)15-7-11-14-8-19-16-11/h3,5-6,8,15H,2,4,7H2,1H3,(H,12,13). The number of nitrogens with zero attached hydrogens (tertiary/aromatic N) is 3. The third-order valence-corrected chi connectivity index (χ3v) is 3.90. The fourth-order valence-corrected chi connectivity index (χ4v) is 2.61. The first-order valence-corrected chi connectivity index (χ1v) is 7.54. The molecule has 0 spiro atoms. The van der Waals surface area contributed by atoms with Gasteiger partial charge in [-0.3, -0.25) is 4.98 Å². The SMILES string of the molecule is CCCNc1ccncc1S(=O)(=O)NCc1ncon1. The quantitative estimate of drug-likeness (QED) is 0.776. The van der Waals surface area contributed by atoms with E-state index >= 15 is 0 Å². The van der Waals surface area contributed by atoms with Gasteiger partial charge in [-0.05, 0) is 12.5 Å². The number of aromatic nitrogens is 3. The number of sulfonamides is 1. The van der Waals surface area contributed by atoms with Gasteiger partial charge in [0, 0.05) is 18.9 Å². The second kappa shape index (κ2) is 6.44. The fraction of sp³-hybridized carbons (Fsp3) is 0.364. The Morgan fingerprint density at radius 1 is 1.40 bits per heavy atom. The summed E-state index contributed by atoms with van der Waals surface area (Å²) < 4.78 is 31.4. The summed E-state index contributed by atoms with van der Waals surface area (Å²) in [6, 6.07) is 1.62. The van der Waals surface area contributed by atoms with E-state index < -0.39 is 10.0 Å².